The third kappa shape index (κ3) is 4.47. The number of ether oxygens (including phenoxy) is 2. The van der Waals surface area contributed by atoms with Gasteiger partial charge in [-0.25, -0.2) is 0 Å². The number of carbonyl (C=O) groups excluding carboxylic acids is 1. The van der Waals surface area contributed by atoms with E-state index in [2.05, 4.69) is 5.32 Å². The van der Waals surface area contributed by atoms with Crippen molar-refractivity contribution in [1.82, 2.24) is 0 Å². The molecular formula is C23H23NO3. The summed E-state index contributed by atoms with van der Waals surface area (Å²) in [6.45, 7) is 0.703. The number of carbonyl (C=O) groups is 1. The first-order chi connectivity index (χ1) is 13.2. The Balaban J connectivity index is 1.89. The molecular weight excluding hydrogens is 338 g/mol. The molecule has 138 valence electrons. The smallest absolute Gasteiger partial charge is 0.193 e. The van der Waals surface area contributed by atoms with Gasteiger partial charge in [-0.15, -0.1) is 0 Å². The van der Waals surface area contributed by atoms with Crippen LogP contribution in [0.2, 0.25) is 0 Å². The van der Waals surface area contributed by atoms with Gasteiger partial charge in [-0.05, 0) is 36.2 Å². The van der Waals surface area contributed by atoms with E-state index in [-0.39, 0.29) is 5.78 Å². The molecule has 4 heteroatoms. The van der Waals surface area contributed by atoms with Crippen molar-refractivity contribution in [2.24, 2.45) is 0 Å². The number of benzene rings is 3. The van der Waals surface area contributed by atoms with Crippen molar-refractivity contribution in [3.05, 3.63) is 89.5 Å². The third-order valence-electron chi connectivity index (χ3n) is 4.39. The molecule has 0 saturated carbocycles. The van der Waals surface area contributed by atoms with E-state index in [1.807, 2.05) is 66.7 Å². The zero-order valence-corrected chi connectivity index (χ0v) is 15.6. The standard InChI is InChI=1S/C23H23NO3/c1-26-21-15-18(13-14-24-19-11-7-4-8-12-19)20(16-22(21)27-2)23(25)17-9-5-3-6-10-17/h3-12,15-16,24H,13-14H2,1-2H3. The highest BCUT2D eigenvalue weighted by molar-refractivity contribution is 6.10. The highest BCUT2D eigenvalue weighted by atomic mass is 16.5. The average Bonchev–Trinajstić information content (AvgIpc) is 2.74. The van der Waals surface area contributed by atoms with Crippen LogP contribution in [-0.4, -0.2) is 26.5 Å². The van der Waals surface area contributed by atoms with Crippen LogP contribution in [0.1, 0.15) is 21.5 Å². The lowest BCUT2D eigenvalue weighted by Crippen LogP contribution is -2.11. The fourth-order valence-electron chi connectivity index (χ4n) is 2.98. The van der Waals surface area contributed by atoms with Gasteiger partial charge in [-0.2, -0.15) is 0 Å². The second kappa shape index (κ2) is 8.90. The molecule has 0 spiro atoms. The zero-order valence-electron chi connectivity index (χ0n) is 15.6. The van der Waals surface area contributed by atoms with Gasteiger partial charge in [-0.3, -0.25) is 4.79 Å². The maximum absolute atomic E-state index is 13.1. The van der Waals surface area contributed by atoms with Crippen LogP contribution >= 0.6 is 0 Å². The Morgan fingerprint density at radius 1 is 0.852 bits per heavy atom. The van der Waals surface area contributed by atoms with Crippen LogP contribution in [0.3, 0.4) is 0 Å². The summed E-state index contributed by atoms with van der Waals surface area (Å²) in [7, 11) is 3.17. The van der Waals surface area contributed by atoms with Crippen LogP contribution in [0.5, 0.6) is 11.5 Å². The Bertz CT molecular complexity index is 892. The van der Waals surface area contributed by atoms with Crippen LogP contribution in [0, 0.1) is 0 Å². The first-order valence-corrected chi connectivity index (χ1v) is 8.86. The molecule has 0 aliphatic heterocycles. The van der Waals surface area contributed by atoms with Crippen LogP contribution in [-0.2, 0) is 6.42 Å². The maximum atomic E-state index is 13.1. The van der Waals surface area contributed by atoms with E-state index in [0.717, 1.165) is 11.3 Å². The largest absolute Gasteiger partial charge is 0.493 e. The third-order valence-corrected chi connectivity index (χ3v) is 4.39. The summed E-state index contributed by atoms with van der Waals surface area (Å²) >= 11 is 0. The van der Waals surface area contributed by atoms with Crippen molar-refractivity contribution in [2.45, 2.75) is 6.42 Å². The van der Waals surface area contributed by atoms with Crippen molar-refractivity contribution in [2.75, 3.05) is 26.1 Å². The predicted octanol–water partition coefficient (Wildman–Crippen LogP) is 4.59. The highest BCUT2D eigenvalue weighted by Crippen LogP contribution is 2.32. The molecule has 0 unspecified atom stereocenters. The van der Waals surface area contributed by atoms with E-state index in [0.29, 0.717) is 35.6 Å². The lowest BCUT2D eigenvalue weighted by Gasteiger charge is -2.15. The minimum absolute atomic E-state index is 0.0220. The number of hydrogen-bond acceptors (Lipinski definition) is 4. The summed E-state index contributed by atoms with van der Waals surface area (Å²) in [5, 5.41) is 3.38. The van der Waals surface area contributed by atoms with Crippen molar-refractivity contribution in [3.8, 4) is 11.5 Å². The summed E-state index contributed by atoms with van der Waals surface area (Å²) in [6.07, 6.45) is 0.684. The Morgan fingerprint density at radius 3 is 2.07 bits per heavy atom. The van der Waals surface area contributed by atoms with Crippen LogP contribution in [0.25, 0.3) is 0 Å². The molecule has 3 rings (SSSR count). The molecule has 0 bridgehead atoms. The van der Waals surface area contributed by atoms with Crippen molar-refractivity contribution in [3.63, 3.8) is 0 Å². The second-order valence-electron chi connectivity index (χ2n) is 6.10. The fourth-order valence-corrected chi connectivity index (χ4v) is 2.98. The van der Waals surface area contributed by atoms with Crippen LogP contribution in [0.15, 0.2) is 72.8 Å². The molecule has 0 radical (unpaired) electrons. The summed E-state index contributed by atoms with van der Waals surface area (Å²) < 4.78 is 10.8. The molecule has 4 nitrogen and oxygen atoms in total. The molecule has 3 aromatic carbocycles. The van der Waals surface area contributed by atoms with Gasteiger partial charge in [0.1, 0.15) is 0 Å². The molecule has 27 heavy (non-hydrogen) atoms. The first kappa shape index (κ1) is 18.5. The number of para-hydroxylation sites is 1. The summed E-state index contributed by atoms with van der Waals surface area (Å²) in [5.74, 6) is 1.15. The van der Waals surface area contributed by atoms with Crippen molar-refractivity contribution in [1.29, 1.82) is 0 Å². The van der Waals surface area contributed by atoms with E-state index >= 15 is 0 Å². The lowest BCUT2D eigenvalue weighted by atomic mass is 9.95. The average molecular weight is 361 g/mol. The van der Waals surface area contributed by atoms with E-state index < -0.39 is 0 Å². The minimum Gasteiger partial charge on any atom is -0.493 e. The van der Waals surface area contributed by atoms with Gasteiger partial charge in [0, 0.05) is 23.4 Å². The van der Waals surface area contributed by atoms with Gasteiger partial charge < -0.3 is 14.8 Å². The van der Waals surface area contributed by atoms with E-state index in [9.17, 15) is 4.79 Å². The summed E-state index contributed by atoms with van der Waals surface area (Å²) in [6, 6.07) is 22.9. The molecule has 0 aliphatic carbocycles. The minimum atomic E-state index is -0.0220. The number of hydrogen-bond donors (Lipinski definition) is 1. The van der Waals surface area contributed by atoms with Gasteiger partial charge in [0.25, 0.3) is 0 Å². The Labute approximate surface area is 159 Å². The fraction of sp³-hybridized carbons (Fsp3) is 0.174. The molecule has 3 aromatic rings. The Kier molecular flexibility index (Phi) is 6.10. The first-order valence-electron chi connectivity index (χ1n) is 8.86. The molecule has 0 atom stereocenters. The van der Waals surface area contributed by atoms with Gasteiger partial charge in [0.15, 0.2) is 17.3 Å². The molecule has 1 N–H and O–H groups in total. The van der Waals surface area contributed by atoms with Crippen LogP contribution in [0.4, 0.5) is 5.69 Å². The monoisotopic (exact) mass is 361 g/mol. The number of anilines is 1. The molecule has 0 aromatic heterocycles. The van der Waals surface area contributed by atoms with E-state index in [1.54, 1.807) is 20.3 Å². The number of nitrogens with one attached hydrogen (secondary N) is 1. The van der Waals surface area contributed by atoms with Crippen molar-refractivity contribution >= 4 is 11.5 Å². The second-order valence-corrected chi connectivity index (χ2v) is 6.10. The molecule has 0 heterocycles. The Hall–Kier alpha value is -3.27. The van der Waals surface area contributed by atoms with Gasteiger partial charge >= 0.3 is 0 Å². The van der Waals surface area contributed by atoms with Crippen LogP contribution < -0.4 is 14.8 Å². The lowest BCUT2D eigenvalue weighted by molar-refractivity contribution is 0.103. The Morgan fingerprint density at radius 2 is 1.44 bits per heavy atom. The highest BCUT2D eigenvalue weighted by Gasteiger charge is 2.18. The maximum Gasteiger partial charge on any atom is 0.193 e. The predicted molar refractivity (Wildman–Crippen MR) is 108 cm³/mol. The number of ketones is 1. The topological polar surface area (TPSA) is 47.6 Å². The summed E-state index contributed by atoms with van der Waals surface area (Å²) in [5.41, 5.74) is 3.26. The normalized spacial score (nSPS) is 10.3. The van der Waals surface area contributed by atoms with Gasteiger partial charge in [0.05, 0.1) is 14.2 Å². The quantitative estimate of drug-likeness (QED) is 0.596. The summed E-state index contributed by atoms with van der Waals surface area (Å²) in [4.78, 5) is 13.1. The van der Waals surface area contributed by atoms with Crippen molar-refractivity contribution < 1.29 is 14.3 Å². The van der Waals surface area contributed by atoms with E-state index in [4.69, 9.17) is 9.47 Å². The number of rotatable bonds is 8. The molecule has 0 saturated heterocycles. The van der Waals surface area contributed by atoms with Gasteiger partial charge in [-0.1, -0.05) is 48.5 Å². The zero-order chi connectivity index (χ0) is 19.1. The van der Waals surface area contributed by atoms with E-state index in [1.165, 1.54) is 0 Å². The molecule has 0 amide bonds. The number of methoxy groups -OCH3 is 2. The SMILES string of the molecule is COc1cc(CCNc2ccccc2)c(C(=O)c2ccccc2)cc1OC. The molecule has 0 fully saturated rings. The molecule has 0 aliphatic rings. The van der Waals surface area contributed by atoms with Gasteiger partial charge in [0.2, 0.25) is 0 Å².